The molecule has 56 valence electrons. The smallest absolute Gasteiger partial charge is 0.0982 e. The van der Waals surface area contributed by atoms with Crippen LogP contribution in [0.3, 0.4) is 0 Å². The molecule has 1 amide bonds. The SMILES string of the molecule is N[CH-]C(=O)N1CC=CC1.[W]. The monoisotopic (exact) mass is 309 g/mol. The van der Waals surface area contributed by atoms with E-state index in [0.29, 0.717) is 13.1 Å². The summed E-state index contributed by atoms with van der Waals surface area (Å²) < 4.78 is 0. The molecule has 0 atom stereocenters. The van der Waals surface area contributed by atoms with Crippen LogP contribution in [0.15, 0.2) is 12.2 Å². The van der Waals surface area contributed by atoms with Crippen molar-refractivity contribution in [2.45, 2.75) is 0 Å². The van der Waals surface area contributed by atoms with Crippen LogP contribution in [0.4, 0.5) is 0 Å². The van der Waals surface area contributed by atoms with Gasteiger partial charge < -0.3 is 15.4 Å². The Morgan fingerprint density at radius 1 is 1.50 bits per heavy atom. The van der Waals surface area contributed by atoms with Gasteiger partial charge in [-0.05, 0) is 0 Å². The molecule has 1 aliphatic rings. The fourth-order valence-electron chi connectivity index (χ4n) is 0.763. The van der Waals surface area contributed by atoms with Crippen molar-refractivity contribution in [3.8, 4) is 0 Å². The van der Waals surface area contributed by atoms with Crippen molar-refractivity contribution in [3.63, 3.8) is 0 Å². The molecule has 0 fully saturated rings. The van der Waals surface area contributed by atoms with Gasteiger partial charge in [0.25, 0.3) is 0 Å². The molecule has 0 radical (unpaired) electrons. The summed E-state index contributed by atoms with van der Waals surface area (Å²) in [5, 5.41) is 0. The molecule has 1 rings (SSSR count). The number of nitrogens with zero attached hydrogens (tertiary/aromatic N) is 1. The molecule has 1 aliphatic heterocycles. The third-order valence-corrected chi connectivity index (χ3v) is 1.27. The Morgan fingerprint density at radius 3 is 2.40 bits per heavy atom. The number of amides is 1. The molecular weight excluding hydrogens is 300 g/mol. The quantitative estimate of drug-likeness (QED) is 0.524. The summed E-state index contributed by atoms with van der Waals surface area (Å²) in [5.41, 5.74) is 5.01. The van der Waals surface area contributed by atoms with E-state index in [4.69, 9.17) is 5.73 Å². The van der Waals surface area contributed by atoms with E-state index in [1.54, 1.807) is 4.90 Å². The van der Waals surface area contributed by atoms with E-state index in [1.807, 2.05) is 12.2 Å². The van der Waals surface area contributed by atoms with Gasteiger partial charge >= 0.3 is 0 Å². The predicted octanol–water partition coefficient (Wildman–Crippen LogP) is -0.497. The van der Waals surface area contributed by atoms with Crippen molar-refractivity contribution in [2.24, 2.45) is 5.73 Å². The van der Waals surface area contributed by atoms with E-state index in [1.165, 1.54) is 0 Å². The van der Waals surface area contributed by atoms with Gasteiger partial charge in [-0.1, -0.05) is 12.2 Å². The average Bonchev–Trinajstić information content (AvgIpc) is 2.37. The molecule has 0 spiro atoms. The Labute approximate surface area is 74.5 Å². The minimum atomic E-state index is -0.0972. The summed E-state index contributed by atoms with van der Waals surface area (Å²) in [4.78, 5) is 12.4. The summed E-state index contributed by atoms with van der Waals surface area (Å²) in [7, 11) is 0. The molecule has 0 unspecified atom stereocenters. The zero-order chi connectivity index (χ0) is 6.69. The standard InChI is InChI=1S/C6H9N2O.W/c7-5-6(9)8-3-1-2-4-8;/h1-2,5H,3-4,7H2;/q-1;. The topological polar surface area (TPSA) is 46.3 Å². The second-order valence-electron chi connectivity index (χ2n) is 1.88. The molecule has 0 aromatic rings. The van der Waals surface area contributed by atoms with Crippen LogP contribution in [0.2, 0.25) is 0 Å². The molecule has 0 aromatic carbocycles. The molecular formula is C6H9N2OW-. The fraction of sp³-hybridized carbons (Fsp3) is 0.333. The van der Waals surface area contributed by atoms with Crippen LogP contribution >= 0.6 is 0 Å². The third-order valence-electron chi connectivity index (χ3n) is 1.27. The van der Waals surface area contributed by atoms with E-state index < -0.39 is 0 Å². The van der Waals surface area contributed by atoms with Crippen molar-refractivity contribution in [2.75, 3.05) is 13.1 Å². The number of carbonyl (C=O) groups excluding carboxylic acids is 1. The van der Waals surface area contributed by atoms with Crippen LogP contribution in [-0.2, 0) is 25.9 Å². The van der Waals surface area contributed by atoms with Gasteiger partial charge in [-0.3, -0.25) is 0 Å². The van der Waals surface area contributed by atoms with E-state index in [9.17, 15) is 4.79 Å². The zero-order valence-corrected chi connectivity index (χ0v) is 8.42. The summed E-state index contributed by atoms with van der Waals surface area (Å²) in [6.07, 6.45) is 3.89. The van der Waals surface area contributed by atoms with Gasteiger partial charge in [-0.15, -0.1) is 0 Å². The normalized spacial score (nSPS) is 14.7. The van der Waals surface area contributed by atoms with Crippen molar-refractivity contribution >= 4 is 5.91 Å². The van der Waals surface area contributed by atoms with Gasteiger partial charge in [0.05, 0.1) is 5.91 Å². The molecule has 0 saturated carbocycles. The van der Waals surface area contributed by atoms with Crippen LogP contribution < -0.4 is 5.73 Å². The van der Waals surface area contributed by atoms with Gasteiger partial charge in [0.1, 0.15) is 0 Å². The van der Waals surface area contributed by atoms with Crippen LogP contribution in [0.5, 0.6) is 0 Å². The summed E-state index contributed by atoms with van der Waals surface area (Å²) in [6.45, 7) is 2.49. The first-order chi connectivity index (χ1) is 4.34. The van der Waals surface area contributed by atoms with Crippen LogP contribution in [-0.4, -0.2) is 23.9 Å². The molecule has 1 heterocycles. The van der Waals surface area contributed by atoms with Crippen molar-refractivity contribution < 1.29 is 25.9 Å². The van der Waals surface area contributed by atoms with Crippen molar-refractivity contribution in [3.05, 3.63) is 18.7 Å². The number of nitrogens with two attached hydrogens (primary N) is 1. The van der Waals surface area contributed by atoms with E-state index >= 15 is 0 Å². The molecule has 0 aromatic heterocycles. The number of hydrogen-bond donors (Lipinski definition) is 1. The molecule has 3 nitrogen and oxygen atoms in total. The van der Waals surface area contributed by atoms with Gasteiger partial charge in [-0.2, -0.15) is 0 Å². The average molecular weight is 309 g/mol. The third kappa shape index (κ3) is 2.16. The van der Waals surface area contributed by atoms with Gasteiger partial charge in [-0.25, -0.2) is 6.54 Å². The summed E-state index contributed by atoms with van der Waals surface area (Å²) >= 11 is 0. The molecule has 2 N–H and O–H groups in total. The number of hydrogen-bond acceptors (Lipinski definition) is 2. The second-order valence-corrected chi connectivity index (χ2v) is 1.88. The van der Waals surface area contributed by atoms with Crippen molar-refractivity contribution in [1.82, 2.24) is 4.90 Å². The first-order valence-corrected chi connectivity index (χ1v) is 2.83. The fourth-order valence-corrected chi connectivity index (χ4v) is 0.763. The van der Waals surface area contributed by atoms with Gasteiger partial charge in [0.15, 0.2) is 0 Å². The van der Waals surface area contributed by atoms with Crippen LogP contribution in [0.25, 0.3) is 0 Å². The van der Waals surface area contributed by atoms with Gasteiger partial charge in [0, 0.05) is 34.2 Å². The minimum Gasteiger partial charge on any atom is -0.460 e. The number of carbonyl (C=O) groups is 1. The van der Waals surface area contributed by atoms with E-state index in [-0.39, 0.29) is 27.0 Å². The Hall–Kier alpha value is -0.272. The summed E-state index contributed by atoms with van der Waals surface area (Å²) in [6, 6.07) is 0. The Balaban J connectivity index is 0.000000810. The zero-order valence-electron chi connectivity index (χ0n) is 5.49. The first kappa shape index (κ1) is 9.73. The maximum atomic E-state index is 10.7. The minimum absolute atomic E-state index is 0. The Bertz CT molecular complexity index is 139. The maximum absolute atomic E-state index is 10.7. The molecule has 10 heavy (non-hydrogen) atoms. The van der Waals surface area contributed by atoms with E-state index in [0.717, 1.165) is 6.54 Å². The maximum Gasteiger partial charge on any atom is 0.0982 e. The Morgan fingerprint density at radius 2 is 2.00 bits per heavy atom. The Kier molecular flexibility index (Phi) is 4.41. The van der Waals surface area contributed by atoms with Gasteiger partial charge in [0.2, 0.25) is 0 Å². The molecule has 0 saturated heterocycles. The predicted molar refractivity (Wildman–Crippen MR) is 34.2 cm³/mol. The van der Waals surface area contributed by atoms with Crippen molar-refractivity contribution in [1.29, 1.82) is 0 Å². The molecule has 4 heteroatoms. The number of rotatable bonds is 1. The second kappa shape index (κ2) is 4.53. The largest absolute Gasteiger partial charge is 0.460 e. The summed E-state index contributed by atoms with van der Waals surface area (Å²) in [5.74, 6) is -0.0972. The molecule has 0 bridgehead atoms. The van der Waals surface area contributed by atoms with E-state index in [2.05, 4.69) is 0 Å². The van der Waals surface area contributed by atoms with Crippen LogP contribution in [0.1, 0.15) is 0 Å². The first-order valence-electron chi connectivity index (χ1n) is 2.83. The molecule has 0 aliphatic carbocycles. The van der Waals surface area contributed by atoms with Crippen LogP contribution in [0, 0.1) is 6.54 Å².